The second-order valence-corrected chi connectivity index (χ2v) is 21.0. The first-order valence-corrected chi connectivity index (χ1v) is 23.7. The van der Waals surface area contributed by atoms with E-state index >= 15 is 0 Å². The molecule has 2 heterocycles. The van der Waals surface area contributed by atoms with Gasteiger partial charge in [0.15, 0.2) is 0 Å². The fourth-order valence-corrected chi connectivity index (χ4v) is 15.1. The van der Waals surface area contributed by atoms with Gasteiger partial charge in [-0.15, -0.1) is 0 Å². The molecule has 0 spiro atoms. The summed E-state index contributed by atoms with van der Waals surface area (Å²) >= 11 is 68.4. The van der Waals surface area contributed by atoms with E-state index < -0.39 is 23.9 Å². The molecule has 0 amide bonds. The number of hydrogen-bond donors (Lipinski definition) is 0. The molecule has 2 aliphatic heterocycles. The molecular formula is C44H8Br4Cl8O6. The zero-order valence-electron chi connectivity index (χ0n) is 29.6. The zero-order valence-corrected chi connectivity index (χ0v) is 42.0. The van der Waals surface area contributed by atoms with E-state index in [1.54, 1.807) is 0 Å². The number of cyclic esters (lactones) is 4. The van der Waals surface area contributed by atoms with Crippen molar-refractivity contribution in [1.82, 2.24) is 0 Å². The number of esters is 4. The molecule has 10 aromatic carbocycles. The Bertz CT molecular complexity index is 3450. The lowest BCUT2D eigenvalue weighted by Gasteiger charge is -2.25. The first-order chi connectivity index (χ1) is 29.4. The lowest BCUT2D eigenvalue weighted by Crippen LogP contribution is -2.21. The van der Waals surface area contributed by atoms with Crippen LogP contribution in [0.4, 0.5) is 0 Å². The van der Waals surface area contributed by atoms with Crippen molar-refractivity contribution in [3.05, 3.63) is 129 Å². The second kappa shape index (κ2) is 14.4. The Labute approximate surface area is 419 Å². The lowest BCUT2D eigenvalue weighted by atomic mass is 9.83. The Morgan fingerprint density at radius 2 is 0.435 bits per heavy atom. The summed E-state index contributed by atoms with van der Waals surface area (Å²) in [5.41, 5.74) is 0.375. The molecule has 0 saturated carbocycles. The van der Waals surface area contributed by atoms with Crippen LogP contribution in [0, 0.1) is 0 Å². The molecule has 62 heavy (non-hydrogen) atoms. The smallest absolute Gasteiger partial charge is 0.346 e. The summed E-state index contributed by atoms with van der Waals surface area (Å²) in [6.07, 6.45) is 0. The van der Waals surface area contributed by atoms with Crippen molar-refractivity contribution >= 4 is 267 Å². The summed E-state index contributed by atoms with van der Waals surface area (Å²) < 4.78 is 13.2. The normalized spacial score (nSPS) is 13.9. The summed E-state index contributed by atoms with van der Waals surface area (Å²) in [6.45, 7) is 0. The summed E-state index contributed by atoms with van der Waals surface area (Å²) in [5.74, 6) is -3.39. The van der Waals surface area contributed by atoms with Crippen LogP contribution in [-0.4, -0.2) is 23.9 Å². The second-order valence-electron chi connectivity index (χ2n) is 14.3. The lowest BCUT2D eigenvalue weighted by molar-refractivity contribution is 0.0373. The van der Waals surface area contributed by atoms with E-state index in [4.69, 9.17) is 102 Å². The third kappa shape index (κ3) is 5.53. The first kappa shape index (κ1) is 42.0. The number of hydrogen-bond acceptors (Lipinski definition) is 6. The maximum atomic E-state index is 12.6. The highest BCUT2D eigenvalue weighted by Gasteiger charge is 2.36. The average Bonchev–Trinajstić information content (AvgIpc) is 3.19. The highest BCUT2D eigenvalue weighted by atomic mass is 79.9. The van der Waals surface area contributed by atoms with Gasteiger partial charge in [0.05, 0.1) is 42.3 Å². The first-order valence-electron chi connectivity index (χ1n) is 17.5. The van der Waals surface area contributed by atoms with Gasteiger partial charge in [-0.25, -0.2) is 19.2 Å². The van der Waals surface area contributed by atoms with Crippen molar-refractivity contribution in [2.75, 3.05) is 0 Å². The van der Waals surface area contributed by atoms with Gasteiger partial charge in [-0.3, -0.25) is 0 Å². The molecule has 0 bridgehead atoms. The largest absolute Gasteiger partial charge is 0.386 e. The van der Waals surface area contributed by atoms with Gasteiger partial charge in [0.25, 0.3) is 0 Å². The number of carbonyl (C=O) groups is 4. The van der Waals surface area contributed by atoms with Crippen LogP contribution in [0.1, 0.15) is 41.4 Å². The number of carbonyl (C=O) groups excluding carboxylic acids is 4. The average molecular weight is 1240 g/mol. The van der Waals surface area contributed by atoms with Crippen LogP contribution in [-0.2, 0) is 9.47 Å². The SMILES string of the molecule is Clc1cc(Br)c2c(Br)cc(Cl)c3c4c(Cl)cc(Br)c5c(Br)cc(Cl)c(c1c23)c54.O=C1OC(=O)c2cc(Cl)c3c4c(Cl)cc5c6c(cc(Cl)c(c7c(Cl)cc1c2c73)c64)C(=O)OC5=O. The molecule has 0 unspecified atom stereocenters. The topological polar surface area (TPSA) is 86.7 Å². The molecule has 12 rings (SSSR count). The van der Waals surface area contributed by atoms with Crippen molar-refractivity contribution in [2.45, 2.75) is 0 Å². The quantitative estimate of drug-likeness (QED) is 0.0651. The molecule has 2 aliphatic rings. The molecule has 0 atom stereocenters. The molecule has 0 saturated heterocycles. The summed E-state index contributed by atoms with van der Waals surface area (Å²) in [4.78, 5) is 50.2. The minimum absolute atomic E-state index is 0.0938. The minimum atomic E-state index is -0.846. The van der Waals surface area contributed by atoms with Crippen LogP contribution in [0.25, 0.3) is 86.2 Å². The van der Waals surface area contributed by atoms with Gasteiger partial charge in [0.2, 0.25) is 0 Å². The van der Waals surface area contributed by atoms with E-state index in [-0.39, 0.29) is 42.3 Å². The Hall–Kier alpha value is -2.68. The van der Waals surface area contributed by atoms with E-state index in [9.17, 15) is 19.2 Å². The fourth-order valence-electron chi connectivity index (χ4n) is 9.08. The third-order valence-electron chi connectivity index (χ3n) is 11.3. The molecule has 0 aliphatic carbocycles. The fraction of sp³-hybridized carbons (Fsp3) is 0. The number of fused-ring (bicyclic) bond motifs is 4. The molecule has 10 aromatic rings. The summed E-state index contributed by atoms with van der Waals surface area (Å²) in [7, 11) is 0. The standard InChI is InChI=1S/C24H4Cl4O6.C20H4Br4Cl4/c25-9-1-5-13-6(22(30)33-21(5)29)2-11(27)17-18-12(28)4-8-14-7(23(31)34-24(8)32)3-10(26)16(20(14)18)15(9)19(13)17;21-5-1-9(25)15-16-10(26)3-7(23)14-8(24)4-12(28)18(20(14)16)17-11(27)2-6(22)13(5)19(15)17/h1-4H;1-4H. The molecule has 0 aromatic heterocycles. The molecular weight excluding hydrogens is 1230 g/mol. The Balaban J connectivity index is 0.000000142. The van der Waals surface area contributed by atoms with Gasteiger partial charge in [-0.1, -0.05) is 157 Å². The number of benzene rings is 10. The predicted octanol–water partition coefficient (Wildman–Crippen LogP) is 18.4. The number of rotatable bonds is 0. The minimum Gasteiger partial charge on any atom is -0.386 e. The van der Waals surface area contributed by atoms with Crippen LogP contribution in [0.2, 0.25) is 40.2 Å². The summed E-state index contributed by atoms with van der Waals surface area (Å²) in [5, 5.41) is 13.0. The van der Waals surface area contributed by atoms with Gasteiger partial charge in [-0.05, 0) is 48.5 Å². The van der Waals surface area contributed by atoms with Crippen molar-refractivity contribution in [3.63, 3.8) is 0 Å². The Morgan fingerprint density at radius 3 is 0.645 bits per heavy atom. The van der Waals surface area contributed by atoms with E-state index in [0.717, 1.165) is 61.0 Å². The van der Waals surface area contributed by atoms with Crippen LogP contribution in [0.5, 0.6) is 0 Å². The highest BCUT2D eigenvalue weighted by molar-refractivity contribution is 9.11. The van der Waals surface area contributed by atoms with Crippen LogP contribution in [0.15, 0.2) is 66.4 Å². The van der Waals surface area contributed by atoms with Gasteiger partial charge in [0.1, 0.15) is 0 Å². The molecule has 0 fully saturated rings. The van der Waals surface area contributed by atoms with Crippen molar-refractivity contribution < 1.29 is 28.7 Å². The van der Waals surface area contributed by atoms with Gasteiger partial charge in [0, 0.05) is 124 Å². The highest BCUT2D eigenvalue weighted by Crippen LogP contribution is 2.56. The predicted molar refractivity (Wildman–Crippen MR) is 266 cm³/mol. The third-order valence-corrected chi connectivity index (χ3v) is 16.2. The van der Waals surface area contributed by atoms with Crippen LogP contribution < -0.4 is 0 Å². The van der Waals surface area contributed by atoms with Crippen molar-refractivity contribution in [2.24, 2.45) is 0 Å². The number of ether oxygens (including phenoxy) is 2. The Morgan fingerprint density at radius 1 is 0.258 bits per heavy atom. The molecule has 18 heteroatoms. The number of halogens is 12. The summed E-state index contributed by atoms with van der Waals surface area (Å²) in [6, 6.07) is 13.1. The Kier molecular flexibility index (Phi) is 9.76. The molecule has 6 nitrogen and oxygen atoms in total. The van der Waals surface area contributed by atoms with Crippen molar-refractivity contribution in [1.29, 1.82) is 0 Å². The van der Waals surface area contributed by atoms with Gasteiger partial charge >= 0.3 is 23.9 Å². The van der Waals surface area contributed by atoms with E-state index in [0.29, 0.717) is 63.2 Å². The zero-order chi connectivity index (χ0) is 43.9. The van der Waals surface area contributed by atoms with E-state index in [1.165, 1.54) is 24.3 Å². The maximum Gasteiger partial charge on any atom is 0.346 e. The van der Waals surface area contributed by atoms with Gasteiger partial charge < -0.3 is 9.47 Å². The monoisotopic (exact) mass is 1230 g/mol. The van der Waals surface area contributed by atoms with Crippen LogP contribution in [0.3, 0.4) is 0 Å². The van der Waals surface area contributed by atoms with Gasteiger partial charge in [-0.2, -0.15) is 0 Å². The van der Waals surface area contributed by atoms with Crippen LogP contribution >= 0.6 is 157 Å². The van der Waals surface area contributed by atoms with Crippen molar-refractivity contribution in [3.8, 4) is 0 Å². The van der Waals surface area contributed by atoms with E-state index in [1.807, 2.05) is 24.3 Å². The molecule has 304 valence electrons. The molecule has 0 radical (unpaired) electrons. The maximum absolute atomic E-state index is 12.6. The molecule has 0 N–H and O–H groups in total. The van der Waals surface area contributed by atoms with E-state index in [2.05, 4.69) is 63.7 Å².